The minimum atomic E-state index is -4.45. The lowest BCUT2D eigenvalue weighted by Gasteiger charge is -2.29. The minimum Gasteiger partial charge on any atom is -0.382 e. The number of hydrogen-bond donors (Lipinski definition) is 2. The van der Waals surface area contributed by atoms with Gasteiger partial charge in [0.05, 0.1) is 43.2 Å². The Bertz CT molecular complexity index is 1590. The number of nitriles is 1. The molecule has 1 unspecified atom stereocenters. The average Bonchev–Trinajstić information content (AvgIpc) is 3.59. The number of nitrogen functional groups attached to an aromatic ring is 1. The number of phosphoric ester groups is 1. The van der Waals surface area contributed by atoms with Crippen LogP contribution in [0.5, 0.6) is 0 Å². The lowest BCUT2D eigenvalue weighted by Crippen LogP contribution is -2.34. The van der Waals surface area contributed by atoms with Crippen LogP contribution in [0.2, 0.25) is 5.02 Å². The van der Waals surface area contributed by atoms with E-state index in [0.717, 1.165) is 30.5 Å². The Morgan fingerprint density at radius 2 is 1.56 bits per heavy atom. The third-order valence-corrected chi connectivity index (χ3v) is 11.3. The molecular weight excluding hydrogens is 725 g/mol. The molecule has 54 heavy (non-hydrogen) atoms. The van der Waals surface area contributed by atoms with E-state index >= 15 is 0 Å². The van der Waals surface area contributed by atoms with Crippen molar-refractivity contribution in [2.45, 2.75) is 161 Å². The van der Waals surface area contributed by atoms with E-state index in [1.54, 1.807) is 29.8 Å². The van der Waals surface area contributed by atoms with Gasteiger partial charge in [0.1, 0.15) is 11.8 Å². The molecule has 0 radical (unpaired) electrons. The molecule has 3 atom stereocenters. The van der Waals surface area contributed by atoms with Crippen molar-refractivity contribution in [3.63, 3.8) is 0 Å². The predicted molar refractivity (Wildman–Crippen MR) is 216 cm³/mol. The maximum atomic E-state index is 13.1. The summed E-state index contributed by atoms with van der Waals surface area (Å²) >= 11 is 6.21. The number of anilines is 1. The molecule has 3 aromatic rings. The molecule has 0 saturated heterocycles. The summed E-state index contributed by atoms with van der Waals surface area (Å²) in [5.74, 6) is 0.388. The van der Waals surface area contributed by atoms with E-state index in [0.29, 0.717) is 41.2 Å². The first-order chi connectivity index (χ1) is 26.1. The number of ether oxygens (including phenoxy) is 2. The van der Waals surface area contributed by atoms with Crippen LogP contribution in [0.1, 0.15) is 153 Å². The Kier molecular flexibility index (Phi) is 21.7. The standard InChI is InChI=1S/C41H65ClN5O6P/c1-4-5-6-7-8-9-10-11-12-13-14-15-16-17-18-19-20-21-38(51-30-35-26-34(29-43)27-36(42)28-35)31-52-54(48,49)53-32-41(2,50-3)25-24-37-22-23-39-40(44)45-33-46-47(37)39/h22-23,26-28,33,38H,4-21,24-25,30-32H2,1-3H3,(H,48,49)(H2,44,45,46)/t38-,41+/m1/s1. The van der Waals surface area contributed by atoms with Gasteiger partial charge in [0.15, 0.2) is 5.82 Å². The zero-order valence-corrected chi connectivity index (χ0v) is 34.6. The molecule has 2 heterocycles. The van der Waals surface area contributed by atoms with Gasteiger partial charge in [-0.1, -0.05) is 128 Å². The highest BCUT2D eigenvalue weighted by Gasteiger charge is 2.31. The molecule has 13 heteroatoms. The summed E-state index contributed by atoms with van der Waals surface area (Å²) in [6.07, 6.45) is 24.6. The monoisotopic (exact) mass is 789 g/mol. The molecule has 2 aromatic heterocycles. The smallest absolute Gasteiger partial charge is 0.382 e. The zero-order valence-electron chi connectivity index (χ0n) is 33.0. The van der Waals surface area contributed by atoms with Gasteiger partial charge in [-0.05, 0) is 62.1 Å². The second-order valence-electron chi connectivity index (χ2n) is 14.8. The summed E-state index contributed by atoms with van der Waals surface area (Å²) in [6.45, 7) is 3.98. The molecule has 3 rings (SSSR count). The lowest BCUT2D eigenvalue weighted by molar-refractivity contribution is -0.0495. The highest BCUT2D eigenvalue weighted by atomic mass is 35.5. The van der Waals surface area contributed by atoms with Crippen LogP contribution >= 0.6 is 19.4 Å². The van der Waals surface area contributed by atoms with Crippen molar-refractivity contribution < 1.29 is 28.0 Å². The molecular formula is C41H65ClN5O6P. The van der Waals surface area contributed by atoms with Gasteiger partial charge in [-0.3, -0.25) is 9.05 Å². The zero-order chi connectivity index (χ0) is 39.1. The van der Waals surface area contributed by atoms with Gasteiger partial charge in [0.25, 0.3) is 0 Å². The van der Waals surface area contributed by atoms with Crippen LogP contribution in [-0.2, 0) is 36.1 Å². The molecule has 3 N–H and O–H groups in total. The van der Waals surface area contributed by atoms with Crippen LogP contribution in [-0.4, -0.2) is 51.5 Å². The van der Waals surface area contributed by atoms with Gasteiger partial charge in [-0.25, -0.2) is 14.1 Å². The second-order valence-corrected chi connectivity index (χ2v) is 16.7. The van der Waals surface area contributed by atoms with Crippen molar-refractivity contribution in [1.29, 1.82) is 5.26 Å². The molecule has 11 nitrogen and oxygen atoms in total. The van der Waals surface area contributed by atoms with Crippen LogP contribution in [0, 0.1) is 11.3 Å². The summed E-state index contributed by atoms with van der Waals surface area (Å²) in [5, 5.41) is 14.1. The largest absolute Gasteiger partial charge is 0.472 e. The van der Waals surface area contributed by atoms with Crippen molar-refractivity contribution in [2.75, 3.05) is 26.1 Å². The number of methoxy groups -OCH3 is 1. The van der Waals surface area contributed by atoms with E-state index in [-0.39, 0.29) is 19.8 Å². The van der Waals surface area contributed by atoms with Crippen molar-refractivity contribution in [1.82, 2.24) is 14.6 Å². The predicted octanol–water partition coefficient (Wildman–Crippen LogP) is 10.9. The van der Waals surface area contributed by atoms with Gasteiger partial charge in [-0.15, -0.1) is 0 Å². The van der Waals surface area contributed by atoms with E-state index in [1.165, 1.54) is 96.2 Å². The molecule has 0 aliphatic heterocycles. The number of aromatic nitrogens is 3. The molecule has 0 aliphatic rings. The van der Waals surface area contributed by atoms with Gasteiger partial charge in [0.2, 0.25) is 0 Å². The van der Waals surface area contributed by atoms with Crippen LogP contribution in [0.25, 0.3) is 5.52 Å². The number of hydrogen-bond acceptors (Lipinski definition) is 9. The molecule has 0 saturated carbocycles. The van der Waals surface area contributed by atoms with Crippen LogP contribution in [0.15, 0.2) is 36.7 Å². The number of benzene rings is 1. The van der Waals surface area contributed by atoms with E-state index in [4.69, 9.17) is 35.9 Å². The Morgan fingerprint density at radius 3 is 2.15 bits per heavy atom. The molecule has 0 aliphatic carbocycles. The number of halogens is 1. The SMILES string of the molecule is CCCCCCCCCCCCCCCCCCC[C@H](COP(=O)(O)OC[C@](C)(CCc1ccc2c(N)ncnn12)OC)OCc1cc(Cl)cc(C#N)c1. The summed E-state index contributed by atoms with van der Waals surface area (Å²) in [4.78, 5) is 14.7. The fourth-order valence-electron chi connectivity index (χ4n) is 6.58. The van der Waals surface area contributed by atoms with Crippen molar-refractivity contribution in [2.24, 2.45) is 0 Å². The molecule has 302 valence electrons. The number of unbranched alkanes of at least 4 members (excludes halogenated alkanes) is 16. The van der Waals surface area contributed by atoms with E-state index in [9.17, 15) is 14.7 Å². The first kappa shape index (κ1) is 45.8. The van der Waals surface area contributed by atoms with Crippen molar-refractivity contribution in [3.05, 3.63) is 58.5 Å². The van der Waals surface area contributed by atoms with Crippen molar-refractivity contribution in [3.8, 4) is 6.07 Å². The molecule has 0 fully saturated rings. The topological polar surface area (TPSA) is 154 Å². The van der Waals surface area contributed by atoms with Crippen molar-refractivity contribution >= 4 is 30.8 Å². The Morgan fingerprint density at radius 1 is 0.944 bits per heavy atom. The Balaban J connectivity index is 1.40. The van der Waals surface area contributed by atoms with E-state index in [1.807, 2.05) is 19.1 Å². The third kappa shape index (κ3) is 17.9. The summed E-state index contributed by atoms with van der Waals surface area (Å²) in [6, 6.07) is 11.0. The van der Waals surface area contributed by atoms with Gasteiger partial charge in [0, 0.05) is 17.8 Å². The van der Waals surface area contributed by atoms with Gasteiger partial charge < -0.3 is 20.1 Å². The average molecular weight is 790 g/mol. The quantitative estimate of drug-likeness (QED) is 0.0475. The Labute approximate surface area is 328 Å². The van der Waals surface area contributed by atoms with Gasteiger partial charge >= 0.3 is 7.82 Å². The van der Waals surface area contributed by atoms with Crippen LogP contribution in [0.3, 0.4) is 0 Å². The number of phosphoric acid groups is 1. The highest BCUT2D eigenvalue weighted by Crippen LogP contribution is 2.45. The van der Waals surface area contributed by atoms with E-state index in [2.05, 4.69) is 23.1 Å². The summed E-state index contributed by atoms with van der Waals surface area (Å²) < 4.78 is 37.6. The number of fused-ring (bicyclic) bond motifs is 1. The fourth-order valence-corrected chi connectivity index (χ4v) is 7.70. The first-order valence-electron chi connectivity index (χ1n) is 20.1. The Hall–Kier alpha value is -2.55. The number of nitrogens with two attached hydrogens (primary N) is 1. The molecule has 0 spiro atoms. The second kappa shape index (κ2) is 25.6. The van der Waals surface area contributed by atoms with Crippen LogP contribution < -0.4 is 5.73 Å². The minimum absolute atomic E-state index is 0.126. The molecule has 0 amide bonds. The maximum absolute atomic E-state index is 13.1. The number of rotatable bonds is 31. The fraction of sp³-hybridized carbons (Fsp3) is 0.683. The molecule has 0 bridgehead atoms. The summed E-state index contributed by atoms with van der Waals surface area (Å²) in [7, 11) is -2.90. The first-order valence-corrected chi connectivity index (χ1v) is 22.0. The number of aryl methyl sites for hydroxylation is 1. The highest BCUT2D eigenvalue weighted by molar-refractivity contribution is 7.47. The number of nitrogens with zero attached hydrogens (tertiary/aromatic N) is 4. The summed E-state index contributed by atoms with van der Waals surface area (Å²) in [5.41, 5.74) is 7.89. The van der Waals surface area contributed by atoms with Crippen LogP contribution in [0.4, 0.5) is 5.82 Å². The van der Waals surface area contributed by atoms with E-state index < -0.39 is 19.5 Å². The third-order valence-electron chi connectivity index (χ3n) is 10.1. The maximum Gasteiger partial charge on any atom is 0.472 e. The normalized spacial score (nSPS) is 14.5. The van der Waals surface area contributed by atoms with Gasteiger partial charge in [-0.2, -0.15) is 10.4 Å². The molecule has 1 aromatic carbocycles. The lowest BCUT2D eigenvalue weighted by atomic mass is 10.00.